The molecule has 4 nitrogen and oxygen atoms in total. The first-order chi connectivity index (χ1) is 7.97. The third-order valence-electron chi connectivity index (χ3n) is 3.55. The molecule has 0 aliphatic heterocycles. The number of carbonyl (C=O) groups excluding carboxylic acids is 1. The summed E-state index contributed by atoms with van der Waals surface area (Å²) in [6.45, 7) is 2.03. The van der Waals surface area contributed by atoms with E-state index in [2.05, 4.69) is 0 Å². The average Bonchev–Trinajstić information content (AvgIpc) is 2.76. The first-order valence-electron chi connectivity index (χ1n) is 5.95. The van der Waals surface area contributed by atoms with Crippen molar-refractivity contribution in [3.8, 4) is 0 Å². The molecule has 1 amide bonds. The molecule has 1 fully saturated rings. The maximum absolute atomic E-state index is 12.2. The van der Waals surface area contributed by atoms with Gasteiger partial charge in [-0.05, 0) is 32.4 Å². The van der Waals surface area contributed by atoms with Crippen LogP contribution in [-0.2, 0) is 9.59 Å². The van der Waals surface area contributed by atoms with Crippen molar-refractivity contribution in [2.24, 2.45) is 11.8 Å². The van der Waals surface area contributed by atoms with Gasteiger partial charge in [-0.2, -0.15) is 11.8 Å². The molecule has 1 saturated carbocycles. The molecular formula is C12H21NO3S. The van der Waals surface area contributed by atoms with E-state index in [-0.39, 0.29) is 23.8 Å². The van der Waals surface area contributed by atoms with Gasteiger partial charge in [-0.25, -0.2) is 0 Å². The molecule has 17 heavy (non-hydrogen) atoms. The summed E-state index contributed by atoms with van der Waals surface area (Å²) in [4.78, 5) is 24.8. The highest BCUT2D eigenvalue weighted by Gasteiger charge is 2.35. The second-order valence-electron chi connectivity index (χ2n) is 4.80. The first kappa shape index (κ1) is 14.4. The number of aliphatic carboxylic acids is 1. The summed E-state index contributed by atoms with van der Waals surface area (Å²) in [5.41, 5.74) is 0. The van der Waals surface area contributed by atoms with E-state index in [1.807, 2.05) is 20.2 Å². The Balaban J connectivity index is 2.51. The molecule has 0 heterocycles. The van der Waals surface area contributed by atoms with Crippen LogP contribution >= 0.6 is 11.8 Å². The fourth-order valence-corrected chi connectivity index (χ4v) is 2.99. The normalized spacial score (nSPS) is 25.6. The summed E-state index contributed by atoms with van der Waals surface area (Å²) in [5, 5.41) is 8.92. The summed E-state index contributed by atoms with van der Waals surface area (Å²) >= 11 is 1.72. The molecule has 5 heteroatoms. The number of thioether (sulfide) groups is 1. The molecule has 0 saturated heterocycles. The lowest BCUT2D eigenvalue weighted by atomic mass is 10.0. The third kappa shape index (κ3) is 3.63. The van der Waals surface area contributed by atoms with Crippen molar-refractivity contribution in [2.75, 3.05) is 19.1 Å². The number of carboxylic acid groups (broad SMARTS) is 1. The van der Waals surface area contributed by atoms with E-state index in [0.717, 1.165) is 5.75 Å². The molecule has 0 aromatic carbocycles. The highest BCUT2D eigenvalue weighted by Crippen LogP contribution is 2.32. The summed E-state index contributed by atoms with van der Waals surface area (Å²) in [6, 6.07) is 0.210. The minimum atomic E-state index is -0.764. The Morgan fingerprint density at radius 3 is 2.47 bits per heavy atom. The zero-order valence-corrected chi connectivity index (χ0v) is 11.5. The summed E-state index contributed by atoms with van der Waals surface area (Å²) in [7, 11) is 1.82. The minimum Gasteiger partial charge on any atom is -0.481 e. The van der Waals surface area contributed by atoms with E-state index in [9.17, 15) is 9.59 Å². The van der Waals surface area contributed by atoms with E-state index in [0.29, 0.717) is 19.3 Å². The lowest BCUT2D eigenvalue weighted by molar-refractivity contribution is -0.141. The van der Waals surface area contributed by atoms with Gasteiger partial charge in [-0.3, -0.25) is 9.59 Å². The molecular weight excluding hydrogens is 238 g/mol. The number of hydrogen-bond acceptors (Lipinski definition) is 3. The second-order valence-corrected chi connectivity index (χ2v) is 5.71. The number of carbonyl (C=O) groups is 2. The largest absolute Gasteiger partial charge is 0.481 e. The van der Waals surface area contributed by atoms with E-state index >= 15 is 0 Å². The van der Waals surface area contributed by atoms with E-state index in [4.69, 9.17) is 5.11 Å². The molecule has 3 unspecified atom stereocenters. The van der Waals surface area contributed by atoms with Crippen LogP contribution < -0.4 is 0 Å². The van der Waals surface area contributed by atoms with Gasteiger partial charge < -0.3 is 10.0 Å². The van der Waals surface area contributed by atoms with Gasteiger partial charge in [0, 0.05) is 24.8 Å². The van der Waals surface area contributed by atoms with Gasteiger partial charge in [-0.1, -0.05) is 0 Å². The van der Waals surface area contributed by atoms with Crippen LogP contribution in [0.1, 0.15) is 26.2 Å². The Kier molecular flexibility index (Phi) is 5.31. The van der Waals surface area contributed by atoms with Gasteiger partial charge in [0.25, 0.3) is 0 Å². The van der Waals surface area contributed by atoms with Crippen molar-refractivity contribution in [3.05, 3.63) is 0 Å². The molecule has 0 aromatic heterocycles. The van der Waals surface area contributed by atoms with E-state index in [1.54, 1.807) is 16.7 Å². The van der Waals surface area contributed by atoms with Crippen LogP contribution in [-0.4, -0.2) is 47.0 Å². The maximum atomic E-state index is 12.2. The fraction of sp³-hybridized carbons (Fsp3) is 0.833. The number of amides is 1. The average molecular weight is 259 g/mol. The van der Waals surface area contributed by atoms with Gasteiger partial charge in [0.1, 0.15) is 0 Å². The third-order valence-corrected chi connectivity index (χ3v) is 4.36. The Morgan fingerprint density at radius 1 is 1.41 bits per heavy atom. The van der Waals surface area contributed by atoms with E-state index < -0.39 is 5.97 Å². The maximum Gasteiger partial charge on any atom is 0.306 e. The SMILES string of the molecule is CSCC(C)N(C)C(=O)C1CCC(C(=O)O)C1. The molecule has 0 radical (unpaired) electrons. The summed E-state index contributed by atoms with van der Waals surface area (Å²) in [5.74, 6) is -0.161. The van der Waals surface area contributed by atoms with Gasteiger partial charge in [0.15, 0.2) is 0 Å². The molecule has 98 valence electrons. The van der Waals surface area contributed by atoms with Crippen molar-refractivity contribution in [2.45, 2.75) is 32.2 Å². The lowest BCUT2D eigenvalue weighted by Gasteiger charge is -2.27. The van der Waals surface area contributed by atoms with Gasteiger partial charge >= 0.3 is 5.97 Å². The second kappa shape index (κ2) is 6.28. The lowest BCUT2D eigenvalue weighted by Crippen LogP contribution is -2.40. The predicted molar refractivity (Wildman–Crippen MR) is 69.1 cm³/mol. The highest BCUT2D eigenvalue weighted by molar-refractivity contribution is 7.98. The van der Waals surface area contributed by atoms with Crippen LogP contribution in [0.15, 0.2) is 0 Å². The van der Waals surface area contributed by atoms with Crippen molar-refractivity contribution < 1.29 is 14.7 Å². The molecule has 1 aliphatic rings. The fourth-order valence-electron chi connectivity index (χ4n) is 2.29. The molecule has 1 rings (SSSR count). The predicted octanol–water partition coefficient (Wildman–Crippen LogP) is 1.70. The van der Waals surface area contributed by atoms with Crippen molar-refractivity contribution in [3.63, 3.8) is 0 Å². The zero-order chi connectivity index (χ0) is 13.0. The van der Waals surface area contributed by atoms with Crippen LogP contribution in [0.2, 0.25) is 0 Å². The highest BCUT2D eigenvalue weighted by atomic mass is 32.2. The Labute approximate surface area is 107 Å². The van der Waals surface area contributed by atoms with Crippen LogP contribution in [0.4, 0.5) is 0 Å². The van der Waals surface area contributed by atoms with Gasteiger partial charge in [-0.15, -0.1) is 0 Å². The first-order valence-corrected chi connectivity index (χ1v) is 7.35. The number of nitrogens with zero attached hydrogens (tertiary/aromatic N) is 1. The molecule has 0 bridgehead atoms. The van der Waals surface area contributed by atoms with Crippen LogP contribution in [0.3, 0.4) is 0 Å². The molecule has 3 atom stereocenters. The van der Waals surface area contributed by atoms with Crippen LogP contribution in [0.25, 0.3) is 0 Å². The molecule has 1 aliphatic carbocycles. The van der Waals surface area contributed by atoms with Crippen molar-refractivity contribution >= 4 is 23.6 Å². The Morgan fingerprint density at radius 2 is 2.00 bits per heavy atom. The number of carboxylic acids is 1. The minimum absolute atomic E-state index is 0.0922. The monoisotopic (exact) mass is 259 g/mol. The molecule has 0 aromatic rings. The van der Waals surface area contributed by atoms with Crippen molar-refractivity contribution in [1.82, 2.24) is 4.90 Å². The van der Waals surface area contributed by atoms with Gasteiger partial charge in [0.05, 0.1) is 5.92 Å². The van der Waals surface area contributed by atoms with E-state index in [1.165, 1.54) is 0 Å². The van der Waals surface area contributed by atoms with Crippen LogP contribution in [0.5, 0.6) is 0 Å². The number of rotatable bonds is 5. The Bertz CT molecular complexity index is 295. The zero-order valence-electron chi connectivity index (χ0n) is 10.7. The Hall–Kier alpha value is -0.710. The van der Waals surface area contributed by atoms with Crippen molar-refractivity contribution in [1.29, 1.82) is 0 Å². The quantitative estimate of drug-likeness (QED) is 0.816. The summed E-state index contributed by atoms with van der Waals surface area (Å²) < 4.78 is 0. The molecule has 0 spiro atoms. The van der Waals surface area contributed by atoms with Crippen LogP contribution in [0, 0.1) is 11.8 Å². The van der Waals surface area contributed by atoms with Gasteiger partial charge in [0.2, 0.25) is 5.91 Å². The summed E-state index contributed by atoms with van der Waals surface area (Å²) in [6.07, 6.45) is 3.87. The molecule has 1 N–H and O–H groups in total. The smallest absolute Gasteiger partial charge is 0.306 e. The number of hydrogen-bond donors (Lipinski definition) is 1. The topological polar surface area (TPSA) is 57.6 Å². The standard InChI is InChI=1S/C12H21NO3S/c1-8(7-17-3)13(2)11(14)9-4-5-10(6-9)12(15)16/h8-10H,4-7H2,1-3H3,(H,15,16).